The Bertz CT molecular complexity index is 256. The van der Waals surface area contributed by atoms with E-state index in [1.807, 2.05) is 7.11 Å². The van der Waals surface area contributed by atoms with Gasteiger partial charge >= 0.3 is 0 Å². The van der Waals surface area contributed by atoms with Gasteiger partial charge in [-0.15, -0.1) is 0 Å². The van der Waals surface area contributed by atoms with Crippen LogP contribution < -0.4 is 5.32 Å². The summed E-state index contributed by atoms with van der Waals surface area (Å²) in [6.45, 7) is 8.14. The van der Waals surface area contributed by atoms with Crippen LogP contribution in [-0.2, 0) is 4.74 Å². The van der Waals surface area contributed by atoms with Gasteiger partial charge in [-0.2, -0.15) is 0 Å². The maximum Gasteiger partial charge on any atom is 0.0833 e. The number of rotatable bonds is 5. The molecule has 2 rings (SSSR count). The topological polar surface area (TPSA) is 21.3 Å². The van der Waals surface area contributed by atoms with Crippen LogP contribution in [0.15, 0.2) is 0 Å². The van der Waals surface area contributed by atoms with Crippen molar-refractivity contribution in [2.45, 2.75) is 70.9 Å². The van der Waals surface area contributed by atoms with Gasteiger partial charge in [-0.1, -0.05) is 27.2 Å². The summed E-state index contributed by atoms with van der Waals surface area (Å²) < 4.78 is 5.94. The third-order valence-electron chi connectivity index (χ3n) is 5.71. The number of hydrogen-bond acceptors (Lipinski definition) is 2. The first kappa shape index (κ1) is 14.3. The molecule has 0 saturated heterocycles. The summed E-state index contributed by atoms with van der Waals surface area (Å²) >= 11 is 0. The van der Waals surface area contributed by atoms with E-state index in [-0.39, 0.29) is 5.60 Å². The van der Waals surface area contributed by atoms with Crippen LogP contribution in [0.3, 0.4) is 0 Å². The zero-order chi connectivity index (χ0) is 13.2. The summed E-state index contributed by atoms with van der Waals surface area (Å²) in [5, 5.41) is 3.76. The fourth-order valence-electron chi connectivity index (χ4n) is 4.06. The lowest BCUT2D eigenvalue weighted by Gasteiger charge is -2.51. The predicted octanol–water partition coefficient (Wildman–Crippen LogP) is 3.61. The number of likely N-dealkylation sites (N-methyl/N-ethyl adjacent to an activating group) is 1. The molecule has 0 spiro atoms. The summed E-state index contributed by atoms with van der Waals surface area (Å²) in [6, 6.07) is 0.580. The third kappa shape index (κ3) is 2.60. The summed E-state index contributed by atoms with van der Waals surface area (Å²) in [6.07, 6.45) is 8.00. The van der Waals surface area contributed by atoms with Crippen molar-refractivity contribution in [3.05, 3.63) is 0 Å². The van der Waals surface area contributed by atoms with Gasteiger partial charge < -0.3 is 10.1 Å². The fraction of sp³-hybridized carbons (Fsp3) is 1.00. The van der Waals surface area contributed by atoms with E-state index >= 15 is 0 Å². The monoisotopic (exact) mass is 253 g/mol. The molecular formula is C16H31NO. The standard InChI is InChI=1S/C16H31NO/c1-5-17-15(16(18-4)9-6-10-16)14-8-7-12(2)13(3)11-14/h12-15,17H,5-11H2,1-4H3. The van der Waals surface area contributed by atoms with E-state index in [0.717, 1.165) is 24.3 Å². The minimum Gasteiger partial charge on any atom is -0.377 e. The van der Waals surface area contributed by atoms with Crippen molar-refractivity contribution >= 4 is 0 Å². The molecule has 0 heterocycles. The van der Waals surface area contributed by atoms with Crippen molar-refractivity contribution in [2.24, 2.45) is 17.8 Å². The Balaban J connectivity index is 2.05. The molecule has 0 aliphatic heterocycles. The molecule has 106 valence electrons. The molecule has 2 fully saturated rings. The Kier molecular flexibility index (Phi) is 4.71. The maximum atomic E-state index is 5.94. The molecule has 0 aromatic carbocycles. The van der Waals surface area contributed by atoms with Crippen LogP contribution in [0.1, 0.15) is 59.3 Å². The molecule has 0 amide bonds. The van der Waals surface area contributed by atoms with E-state index in [4.69, 9.17) is 4.74 Å². The summed E-state index contributed by atoms with van der Waals surface area (Å²) in [5.41, 5.74) is 0.154. The summed E-state index contributed by atoms with van der Waals surface area (Å²) in [4.78, 5) is 0. The van der Waals surface area contributed by atoms with Gasteiger partial charge in [-0.25, -0.2) is 0 Å². The highest BCUT2D eigenvalue weighted by Gasteiger charge is 2.48. The van der Waals surface area contributed by atoms with Crippen LogP contribution in [0.25, 0.3) is 0 Å². The Hall–Kier alpha value is -0.0800. The van der Waals surface area contributed by atoms with Gasteiger partial charge in [0.2, 0.25) is 0 Å². The van der Waals surface area contributed by atoms with E-state index in [9.17, 15) is 0 Å². The van der Waals surface area contributed by atoms with Crippen molar-refractivity contribution < 1.29 is 4.74 Å². The van der Waals surface area contributed by atoms with Crippen molar-refractivity contribution in [1.82, 2.24) is 5.32 Å². The number of ether oxygens (including phenoxy) is 1. The molecule has 2 aliphatic rings. The van der Waals surface area contributed by atoms with Crippen molar-refractivity contribution in [1.29, 1.82) is 0 Å². The van der Waals surface area contributed by atoms with E-state index in [1.54, 1.807) is 0 Å². The van der Waals surface area contributed by atoms with Gasteiger partial charge in [0.25, 0.3) is 0 Å². The van der Waals surface area contributed by atoms with Gasteiger partial charge in [-0.3, -0.25) is 0 Å². The van der Waals surface area contributed by atoms with E-state index in [1.165, 1.54) is 38.5 Å². The zero-order valence-electron chi connectivity index (χ0n) is 12.7. The molecular weight excluding hydrogens is 222 g/mol. The van der Waals surface area contributed by atoms with Crippen molar-refractivity contribution in [2.75, 3.05) is 13.7 Å². The molecule has 1 N–H and O–H groups in total. The van der Waals surface area contributed by atoms with E-state index in [0.29, 0.717) is 6.04 Å². The Morgan fingerprint density at radius 2 is 1.94 bits per heavy atom. The first-order valence-corrected chi connectivity index (χ1v) is 7.91. The number of nitrogens with one attached hydrogen (secondary N) is 1. The SMILES string of the molecule is CCNC(C1CCC(C)C(C)C1)C1(OC)CCC1. The molecule has 4 atom stereocenters. The molecule has 0 bridgehead atoms. The Morgan fingerprint density at radius 3 is 2.39 bits per heavy atom. The van der Waals surface area contributed by atoms with Gasteiger partial charge in [-0.05, 0) is 56.4 Å². The van der Waals surface area contributed by atoms with Gasteiger partial charge in [0, 0.05) is 13.2 Å². The highest BCUT2D eigenvalue weighted by molar-refractivity contribution is 5.03. The second kappa shape index (κ2) is 5.92. The lowest BCUT2D eigenvalue weighted by atomic mass is 9.64. The highest BCUT2D eigenvalue weighted by Crippen LogP contribution is 2.45. The second-order valence-corrected chi connectivity index (χ2v) is 6.69. The first-order chi connectivity index (χ1) is 8.63. The van der Waals surface area contributed by atoms with E-state index < -0.39 is 0 Å². The van der Waals surface area contributed by atoms with Crippen LogP contribution in [0.5, 0.6) is 0 Å². The normalized spacial score (nSPS) is 37.0. The van der Waals surface area contributed by atoms with Crippen LogP contribution in [0, 0.1) is 17.8 Å². The largest absolute Gasteiger partial charge is 0.377 e. The minimum atomic E-state index is 0.154. The first-order valence-electron chi connectivity index (χ1n) is 7.91. The Labute approximate surface area is 113 Å². The van der Waals surface area contributed by atoms with Crippen molar-refractivity contribution in [3.8, 4) is 0 Å². The zero-order valence-corrected chi connectivity index (χ0v) is 12.7. The van der Waals surface area contributed by atoms with Gasteiger partial charge in [0.1, 0.15) is 0 Å². The van der Waals surface area contributed by atoms with Crippen LogP contribution >= 0.6 is 0 Å². The van der Waals surface area contributed by atoms with Crippen LogP contribution in [-0.4, -0.2) is 25.3 Å². The molecule has 2 heteroatoms. The minimum absolute atomic E-state index is 0.154. The Morgan fingerprint density at radius 1 is 1.22 bits per heavy atom. The number of methoxy groups -OCH3 is 1. The molecule has 0 aromatic rings. The smallest absolute Gasteiger partial charge is 0.0833 e. The predicted molar refractivity (Wildman–Crippen MR) is 76.7 cm³/mol. The average Bonchev–Trinajstić information content (AvgIpc) is 2.31. The van der Waals surface area contributed by atoms with Crippen LogP contribution in [0.2, 0.25) is 0 Å². The molecule has 4 unspecified atom stereocenters. The van der Waals surface area contributed by atoms with Gasteiger partial charge in [0.05, 0.1) is 5.60 Å². The molecule has 0 radical (unpaired) electrons. The third-order valence-corrected chi connectivity index (χ3v) is 5.71. The fourth-order valence-corrected chi connectivity index (χ4v) is 4.06. The summed E-state index contributed by atoms with van der Waals surface area (Å²) in [7, 11) is 1.92. The van der Waals surface area contributed by atoms with Gasteiger partial charge in [0.15, 0.2) is 0 Å². The number of hydrogen-bond donors (Lipinski definition) is 1. The molecule has 2 saturated carbocycles. The van der Waals surface area contributed by atoms with Crippen LogP contribution in [0.4, 0.5) is 0 Å². The van der Waals surface area contributed by atoms with Crippen molar-refractivity contribution in [3.63, 3.8) is 0 Å². The lowest BCUT2D eigenvalue weighted by Crippen LogP contribution is -2.60. The highest BCUT2D eigenvalue weighted by atomic mass is 16.5. The average molecular weight is 253 g/mol. The maximum absolute atomic E-state index is 5.94. The lowest BCUT2D eigenvalue weighted by molar-refractivity contribution is -0.117. The van der Waals surface area contributed by atoms with E-state index in [2.05, 4.69) is 26.1 Å². The molecule has 0 aromatic heterocycles. The molecule has 2 aliphatic carbocycles. The molecule has 2 nitrogen and oxygen atoms in total. The molecule has 18 heavy (non-hydrogen) atoms. The summed E-state index contributed by atoms with van der Waals surface area (Å²) in [5.74, 6) is 2.60. The second-order valence-electron chi connectivity index (χ2n) is 6.69. The quantitative estimate of drug-likeness (QED) is 0.808.